The zero-order chi connectivity index (χ0) is 22.9. The summed E-state index contributed by atoms with van der Waals surface area (Å²) < 4.78 is 6.53. The second kappa shape index (κ2) is 9.35. The Balaban J connectivity index is 1.72. The first-order chi connectivity index (χ1) is 15.5. The molecule has 5 atom stereocenters. The Morgan fingerprint density at radius 2 is 1.81 bits per heavy atom. The van der Waals surface area contributed by atoms with Gasteiger partial charge in [-0.25, -0.2) is 0 Å². The largest absolute Gasteiger partial charge is 0.396 e. The Labute approximate surface area is 189 Å². The molecule has 4 rings (SSSR count). The number of nitrogens with zero attached hydrogens (tertiary/aromatic N) is 3. The van der Waals surface area contributed by atoms with Crippen LogP contribution in [0.25, 0.3) is 0 Å². The van der Waals surface area contributed by atoms with Gasteiger partial charge in [0.15, 0.2) is 0 Å². The van der Waals surface area contributed by atoms with Crippen LogP contribution in [0.15, 0.2) is 24.3 Å². The molecule has 1 spiro atoms. The predicted molar refractivity (Wildman–Crippen MR) is 118 cm³/mol. The monoisotopic (exact) mass is 445 g/mol. The van der Waals surface area contributed by atoms with Gasteiger partial charge in [0, 0.05) is 39.8 Å². The Morgan fingerprint density at radius 1 is 1.03 bits per heavy atom. The van der Waals surface area contributed by atoms with E-state index in [9.17, 15) is 19.5 Å². The predicted octanol–water partition coefficient (Wildman–Crippen LogP) is 0.957. The molecule has 3 amide bonds. The standard InChI is InChI=1S/C24H35N3O5/c1-3-4-5-13-26-14-9-11-24-19(18-17(32-24)10-8-12-25(2)21(18)29)22(30)27(15-6-7-16-28)20(24)23(26)31/h8-11,17-20,28H,3-7,12-16H2,1-2H3/t17-,18+,19+,20?,24+/m1/s1. The van der Waals surface area contributed by atoms with Crippen molar-refractivity contribution in [1.82, 2.24) is 14.7 Å². The summed E-state index contributed by atoms with van der Waals surface area (Å²) in [7, 11) is 1.74. The van der Waals surface area contributed by atoms with E-state index in [2.05, 4.69) is 6.92 Å². The molecule has 2 fully saturated rings. The molecule has 1 N–H and O–H groups in total. The van der Waals surface area contributed by atoms with Crippen LogP contribution in [0, 0.1) is 11.8 Å². The average molecular weight is 446 g/mol. The lowest BCUT2D eigenvalue weighted by atomic mass is 9.77. The molecule has 8 heteroatoms. The molecule has 0 bridgehead atoms. The summed E-state index contributed by atoms with van der Waals surface area (Å²) in [6.45, 7) is 4.13. The van der Waals surface area contributed by atoms with Gasteiger partial charge in [-0.1, -0.05) is 44.1 Å². The van der Waals surface area contributed by atoms with E-state index in [1.165, 1.54) is 0 Å². The quantitative estimate of drug-likeness (QED) is 0.444. The van der Waals surface area contributed by atoms with Crippen LogP contribution in [0.4, 0.5) is 0 Å². The average Bonchev–Trinajstić information content (AvgIpc) is 3.10. The molecule has 8 nitrogen and oxygen atoms in total. The maximum Gasteiger partial charge on any atom is 0.249 e. The smallest absolute Gasteiger partial charge is 0.249 e. The maximum atomic E-state index is 13.8. The van der Waals surface area contributed by atoms with Crippen molar-refractivity contribution in [3.05, 3.63) is 24.3 Å². The fourth-order valence-electron chi connectivity index (χ4n) is 5.70. The minimum Gasteiger partial charge on any atom is -0.396 e. The molecule has 1 unspecified atom stereocenters. The third-order valence-electron chi connectivity index (χ3n) is 7.28. The Hall–Kier alpha value is -2.19. The van der Waals surface area contributed by atoms with Crippen LogP contribution in [-0.2, 0) is 19.1 Å². The number of rotatable bonds is 8. The Kier molecular flexibility index (Phi) is 6.72. The maximum absolute atomic E-state index is 13.8. The van der Waals surface area contributed by atoms with Gasteiger partial charge < -0.3 is 24.5 Å². The number of hydrogen-bond acceptors (Lipinski definition) is 5. The van der Waals surface area contributed by atoms with Crippen molar-refractivity contribution < 1.29 is 24.2 Å². The summed E-state index contributed by atoms with van der Waals surface area (Å²) in [4.78, 5) is 45.9. The molecule has 0 saturated carbocycles. The van der Waals surface area contributed by atoms with Gasteiger partial charge in [-0.15, -0.1) is 0 Å². The van der Waals surface area contributed by atoms with E-state index in [1.54, 1.807) is 16.8 Å². The molecule has 0 aliphatic carbocycles. The molecule has 4 aliphatic heterocycles. The summed E-state index contributed by atoms with van der Waals surface area (Å²) in [5.74, 6) is -1.77. The number of carbonyl (C=O) groups excluding carboxylic acids is 3. The van der Waals surface area contributed by atoms with Gasteiger partial charge in [-0.2, -0.15) is 0 Å². The van der Waals surface area contributed by atoms with Gasteiger partial charge in [0.05, 0.1) is 17.9 Å². The van der Waals surface area contributed by atoms with Crippen molar-refractivity contribution in [2.24, 2.45) is 11.8 Å². The van der Waals surface area contributed by atoms with Crippen molar-refractivity contribution in [2.45, 2.75) is 56.8 Å². The second-order valence-electron chi connectivity index (χ2n) is 9.34. The van der Waals surface area contributed by atoms with Crippen LogP contribution in [-0.4, -0.2) is 95.1 Å². The van der Waals surface area contributed by atoms with Crippen molar-refractivity contribution in [1.29, 1.82) is 0 Å². The van der Waals surface area contributed by atoms with E-state index >= 15 is 0 Å². The second-order valence-corrected chi connectivity index (χ2v) is 9.34. The van der Waals surface area contributed by atoms with Crippen molar-refractivity contribution >= 4 is 17.7 Å². The molecule has 32 heavy (non-hydrogen) atoms. The third-order valence-corrected chi connectivity index (χ3v) is 7.28. The van der Waals surface area contributed by atoms with E-state index in [4.69, 9.17) is 4.74 Å². The van der Waals surface area contributed by atoms with Crippen LogP contribution in [0.3, 0.4) is 0 Å². The minimum atomic E-state index is -1.14. The number of aliphatic hydroxyl groups is 1. The van der Waals surface area contributed by atoms with Crippen LogP contribution < -0.4 is 0 Å². The normalized spacial score (nSPS) is 34.0. The first-order valence-corrected chi connectivity index (χ1v) is 11.9. The molecular weight excluding hydrogens is 410 g/mol. The van der Waals surface area contributed by atoms with Crippen LogP contribution in [0.5, 0.6) is 0 Å². The highest BCUT2D eigenvalue weighted by Crippen LogP contribution is 2.53. The highest BCUT2D eigenvalue weighted by molar-refractivity contribution is 5.99. The van der Waals surface area contributed by atoms with Crippen LogP contribution in [0.1, 0.15) is 39.0 Å². The van der Waals surface area contributed by atoms with Crippen LogP contribution >= 0.6 is 0 Å². The molecule has 0 aromatic carbocycles. The highest BCUT2D eigenvalue weighted by atomic mass is 16.5. The molecule has 0 aromatic heterocycles. The summed E-state index contributed by atoms with van der Waals surface area (Å²) in [5, 5.41) is 9.24. The van der Waals surface area contributed by atoms with Gasteiger partial charge in [-0.3, -0.25) is 14.4 Å². The van der Waals surface area contributed by atoms with Gasteiger partial charge in [0.25, 0.3) is 0 Å². The van der Waals surface area contributed by atoms with Gasteiger partial charge in [0.2, 0.25) is 17.7 Å². The lowest BCUT2D eigenvalue weighted by Gasteiger charge is -2.35. The van der Waals surface area contributed by atoms with Gasteiger partial charge in [0.1, 0.15) is 11.6 Å². The van der Waals surface area contributed by atoms with E-state index < -0.39 is 29.6 Å². The molecular formula is C24H35N3O5. The van der Waals surface area contributed by atoms with Crippen molar-refractivity contribution in [3.63, 3.8) is 0 Å². The van der Waals surface area contributed by atoms with E-state index in [1.807, 2.05) is 29.2 Å². The SMILES string of the molecule is CCCCCN1CC=C[C@]23O[C@@H]4C=CCN(C)C(=O)[C@@H]4[C@H]2C(=O)N(CCCCO)C3C1=O. The van der Waals surface area contributed by atoms with E-state index in [0.29, 0.717) is 39.0 Å². The van der Waals surface area contributed by atoms with Crippen molar-refractivity contribution in [3.8, 4) is 0 Å². The number of amides is 3. The Bertz CT molecular complexity index is 811. The molecule has 176 valence electrons. The Morgan fingerprint density at radius 3 is 2.56 bits per heavy atom. The molecule has 2 saturated heterocycles. The number of fused-ring (bicyclic) bond motifs is 2. The zero-order valence-electron chi connectivity index (χ0n) is 19.1. The fourth-order valence-corrected chi connectivity index (χ4v) is 5.70. The van der Waals surface area contributed by atoms with Crippen LogP contribution in [0.2, 0.25) is 0 Å². The number of likely N-dealkylation sites (N-methyl/N-ethyl adjacent to an activating group) is 1. The molecule has 4 heterocycles. The lowest BCUT2D eigenvalue weighted by Crippen LogP contribution is -2.55. The summed E-state index contributed by atoms with van der Waals surface area (Å²) in [6, 6.07) is -0.780. The number of aliphatic hydroxyl groups excluding tert-OH is 1. The number of carbonyl (C=O) groups is 3. The van der Waals surface area contributed by atoms with Gasteiger partial charge >= 0.3 is 0 Å². The summed E-state index contributed by atoms with van der Waals surface area (Å²) >= 11 is 0. The topological polar surface area (TPSA) is 90.4 Å². The van der Waals surface area contributed by atoms with Crippen molar-refractivity contribution in [2.75, 3.05) is 39.8 Å². The number of likely N-dealkylation sites (tertiary alicyclic amines) is 1. The number of unbranched alkanes of at least 4 members (excludes halogenated alkanes) is 3. The van der Waals surface area contributed by atoms with E-state index in [0.717, 1.165) is 19.3 Å². The molecule has 0 aromatic rings. The lowest BCUT2D eigenvalue weighted by molar-refractivity contribution is -0.148. The first-order valence-electron chi connectivity index (χ1n) is 11.9. The number of hydrogen-bond donors (Lipinski definition) is 1. The molecule has 4 aliphatic rings. The van der Waals surface area contributed by atoms with E-state index in [-0.39, 0.29) is 24.3 Å². The fraction of sp³-hybridized carbons (Fsp3) is 0.708. The zero-order valence-corrected chi connectivity index (χ0v) is 19.1. The first kappa shape index (κ1) is 23.0. The highest BCUT2D eigenvalue weighted by Gasteiger charge is 2.71. The summed E-state index contributed by atoms with van der Waals surface area (Å²) in [5.41, 5.74) is -1.14. The minimum absolute atomic E-state index is 0.0353. The summed E-state index contributed by atoms with van der Waals surface area (Å²) in [6.07, 6.45) is 11.2. The number of ether oxygens (including phenoxy) is 1. The third kappa shape index (κ3) is 3.67. The van der Waals surface area contributed by atoms with Gasteiger partial charge in [-0.05, 0) is 19.3 Å². The molecule has 0 radical (unpaired) electrons.